The van der Waals surface area contributed by atoms with Crippen molar-refractivity contribution in [1.29, 1.82) is 0 Å². The van der Waals surface area contributed by atoms with Gasteiger partial charge in [0.15, 0.2) is 0 Å². The van der Waals surface area contributed by atoms with Gasteiger partial charge >= 0.3 is 0 Å². The number of carbonyl (C=O) groups excluding carboxylic acids is 1. The van der Waals surface area contributed by atoms with E-state index in [1.54, 1.807) is 0 Å². The minimum absolute atomic E-state index is 0.0421. The van der Waals surface area contributed by atoms with E-state index >= 15 is 0 Å². The van der Waals surface area contributed by atoms with Crippen molar-refractivity contribution in [1.82, 2.24) is 15.1 Å². The summed E-state index contributed by atoms with van der Waals surface area (Å²) >= 11 is 0. The molecule has 0 spiro atoms. The lowest BCUT2D eigenvalue weighted by Gasteiger charge is -2.40. The number of aliphatic hydroxyl groups excluding tert-OH is 1. The first-order valence-corrected chi connectivity index (χ1v) is 8.94. The predicted molar refractivity (Wildman–Crippen MR) is 96.8 cm³/mol. The average Bonchev–Trinajstić information content (AvgIpc) is 2.55. The molecule has 1 heterocycles. The molecule has 1 aromatic carbocycles. The van der Waals surface area contributed by atoms with Crippen LogP contribution in [-0.2, 0) is 4.79 Å². The van der Waals surface area contributed by atoms with Gasteiger partial charge in [-0.2, -0.15) is 0 Å². The molecule has 134 valence electrons. The van der Waals surface area contributed by atoms with E-state index in [0.29, 0.717) is 12.5 Å². The summed E-state index contributed by atoms with van der Waals surface area (Å²) in [6, 6.07) is 10.5. The van der Waals surface area contributed by atoms with Crippen LogP contribution in [0.5, 0.6) is 0 Å². The number of rotatable bonds is 7. The van der Waals surface area contributed by atoms with Crippen LogP contribution in [0.25, 0.3) is 0 Å². The Morgan fingerprint density at radius 2 is 2.00 bits per heavy atom. The molecule has 0 aromatic heterocycles. The number of nitrogens with zero attached hydrogens (tertiary/aromatic N) is 2. The Kier molecular flexibility index (Phi) is 7.21. The Balaban J connectivity index is 1.71. The van der Waals surface area contributed by atoms with E-state index in [1.807, 2.05) is 44.2 Å². The molecule has 5 heteroatoms. The fourth-order valence-corrected chi connectivity index (χ4v) is 3.28. The molecule has 0 bridgehead atoms. The van der Waals surface area contributed by atoms with Gasteiger partial charge in [0.2, 0.25) is 5.91 Å². The molecule has 1 aromatic rings. The highest BCUT2D eigenvalue weighted by atomic mass is 16.3. The standard InChI is InChI=1S/C19H31N3O2/c1-15-13-21(11-12-22(15)14-16(2)23)10-9-19(24)20-17(3)18-7-5-4-6-8-18/h4-8,15-17,23H,9-14H2,1-3H3,(H,20,24)/t15-,16+,17-/m1/s1. The van der Waals surface area contributed by atoms with Gasteiger partial charge in [0.25, 0.3) is 0 Å². The van der Waals surface area contributed by atoms with Gasteiger partial charge in [-0.05, 0) is 26.3 Å². The zero-order valence-corrected chi connectivity index (χ0v) is 15.1. The maximum atomic E-state index is 12.2. The molecule has 1 amide bonds. The second kappa shape index (κ2) is 9.16. The summed E-state index contributed by atoms with van der Waals surface area (Å²) in [6.07, 6.45) is 0.240. The van der Waals surface area contributed by atoms with Gasteiger partial charge in [0.1, 0.15) is 0 Å². The maximum Gasteiger partial charge on any atom is 0.221 e. The Morgan fingerprint density at radius 1 is 1.29 bits per heavy atom. The highest BCUT2D eigenvalue weighted by Gasteiger charge is 2.24. The molecule has 0 radical (unpaired) electrons. The monoisotopic (exact) mass is 333 g/mol. The van der Waals surface area contributed by atoms with Crippen molar-refractivity contribution in [3.63, 3.8) is 0 Å². The minimum atomic E-state index is -0.288. The van der Waals surface area contributed by atoms with Crippen molar-refractivity contribution in [3.8, 4) is 0 Å². The first kappa shape index (κ1) is 18.9. The van der Waals surface area contributed by atoms with Gasteiger partial charge in [-0.3, -0.25) is 9.69 Å². The molecular formula is C19H31N3O2. The van der Waals surface area contributed by atoms with Gasteiger partial charge in [-0.15, -0.1) is 0 Å². The Labute approximate surface area is 145 Å². The summed E-state index contributed by atoms with van der Waals surface area (Å²) in [5.41, 5.74) is 1.13. The molecule has 1 fully saturated rings. The van der Waals surface area contributed by atoms with Crippen LogP contribution in [0.4, 0.5) is 0 Å². The van der Waals surface area contributed by atoms with Gasteiger partial charge in [-0.1, -0.05) is 30.3 Å². The second-order valence-corrected chi connectivity index (χ2v) is 6.94. The molecule has 1 aliphatic heterocycles. The zero-order chi connectivity index (χ0) is 17.5. The molecule has 1 saturated heterocycles. The van der Waals surface area contributed by atoms with Crippen molar-refractivity contribution >= 4 is 5.91 Å². The van der Waals surface area contributed by atoms with Crippen LogP contribution in [0, 0.1) is 0 Å². The lowest BCUT2D eigenvalue weighted by Crippen LogP contribution is -2.53. The fraction of sp³-hybridized carbons (Fsp3) is 0.632. The Hall–Kier alpha value is -1.43. The average molecular weight is 333 g/mol. The zero-order valence-electron chi connectivity index (χ0n) is 15.1. The molecule has 0 unspecified atom stereocenters. The topological polar surface area (TPSA) is 55.8 Å². The number of hydrogen-bond acceptors (Lipinski definition) is 4. The van der Waals surface area contributed by atoms with Crippen LogP contribution < -0.4 is 5.32 Å². The molecule has 24 heavy (non-hydrogen) atoms. The van der Waals surface area contributed by atoms with E-state index in [1.165, 1.54) is 0 Å². The molecular weight excluding hydrogens is 302 g/mol. The molecule has 2 N–H and O–H groups in total. The summed E-state index contributed by atoms with van der Waals surface area (Å²) in [6.45, 7) is 10.4. The van der Waals surface area contributed by atoms with Crippen molar-refractivity contribution in [3.05, 3.63) is 35.9 Å². The van der Waals surface area contributed by atoms with Crippen molar-refractivity contribution in [2.24, 2.45) is 0 Å². The number of benzene rings is 1. The van der Waals surface area contributed by atoms with E-state index in [0.717, 1.165) is 38.3 Å². The van der Waals surface area contributed by atoms with Crippen LogP contribution in [-0.4, -0.2) is 65.7 Å². The summed E-state index contributed by atoms with van der Waals surface area (Å²) in [7, 11) is 0. The molecule has 0 aliphatic carbocycles. The minimum Gasteiger partial charge on any atom is -0.392 e. The number of piperazine rings is 1. The van der Waals surface area contributed by atoms with Crippen LogP contribution >= 0.6 is 0 Å². The second-order valence-electron chi connectivity index (χ2n) is 6.94. The van der Waals surface area contributed by atoms with Crippen LogP contribution in [0.15, 0.2) is 30.3 Å². The number of nitrogens with one attached hydrogen (secondary N) is 1. The van der Waals surface area contributed by atoms with E-state index in [-0.39, 0.29) is 18.1 Å². The van der Waals surface area contributed by atoms with Crippen molar-refractivity contribution < 1.29 is 9.90 Å². The Bertz CT molecular complexity index is 507. The molecule has 3 atom stereocenters. The van der Waals surface area contributed by atoms with E-state index in [4.69, 9.17) is 0 Å². The highest BCUT2D eigenvalue weighted by molar-refractivity contribution is 5.76. The van der Waals surface area contributed by atoms with E-state index < -0.39 is 0 Å². The predicted octanol–water partition coefficient (Wildman–Crippen LogP) is 1.64. The summed E-state index contributed by atoms with van der Waals surface area (Å²) in [5.74, 6) is 0.102. The maximum absolute atomic E-state index is 12.2. The fourth-order valence-electron chi connectivity index (χ4n) is 3.28. The third-order valence-electron chi connectivity index (χ3n) is 4.68. The largest absolute Gasteiger partial charge is 0.392 e. The van der Waals surface area contributed by atoms with Crippen LogP contribution in [0.2, 0.25) is 0 Å². The first-order chi connectivity index (χ1) is 11.5. The van der Waals surface area contributed by atoms with Crippen molar-refractivity contribution in [2.75, 3.05) is 32.7 Å². The van der Waals surface area contributed by atoms with Crippen LogP contribution in [0.1, 0.15) is 38.8 Å². The smallest absolute Gasteiger partial charge is 0.221 e. The van der Waals surface area contributed by atoms with Gasteiger partial charge in [0, 0.05) is 45.2 Å². The normalized spacial score (nSPS) is 22.1. The lowest BCUT2D eigenvalue weighted by molar-refractivity contribution is -0.122. The highest BCUT2D eigenvalue weighted by Crippen LogP contribution is 2.13. The summed E-state index contributed by atoms with van der Waals surface area (Å²) in [5, 5.41) is 12.6. The Morgan fingerprint density at radius 3 is 2.62 bits per heavy atom. The van der Waals surface area contributed by atoms with Gasteiger partial charge in [0.05, 0.1) is 12.1 Å². The number of aliphatic hydroxyl groups is 1. The quantitative estimate of drug-likeness (QED) is 0.796. The first-order valence-electron chi connectivity index (χ1n) is 8.94. The third kappa shape index (κ3) is 5.89. The number of carbonyl (C=O) groups is 1. The summed E-state index contributed by atoms with van der Waals surface area (Å²) in [4.78, 5) is 16.8. The number of β-amino-alcohol motifs (C(OH)–C–C–N with tert-alkyl or cyclic N) is 1. The summed E-state index contributed by atoms with van der Waals surface area (Å²) < 4.78 is 0. The number of amides is 1. The number of hydrogen-bond donors (Lipinski definition) is 2. The lowest BCUT2D eigenvalue weighted by atomic mass is 10.1. The van der Waals surface area contributed by atoms with E-state index in [9.17, 15) is 9.90 Å². The molecule has 2 rings (SSSR count). The van der Waals surface area contributed by atoms with Gasteiger partial charge in [-0.25, -0.2) is 0 Å². The molecule has 5 nitrogen and oxygen atoms in total. The van der Waals surface area contributed by atoms with E-state index in [2.05, 4.69) is 22.0 Å². The molecule has 0 saturated carbocycles. The van der Waals surface area contributed by atoms with Crippen LogP contribution in [0.3, 0.4) is 0 Å². The van der Waals surface area contributed by atoms with Gasteiger partial charge < -0.3 is 15.3 Å². The van der Waals surface area contributed by atoms with Crippen molar-refractivity contribution in [2.45, 2.75) is 45.4 Å². The molecule has 1 aliphatic rings. The SMILES string of the molecule is C[C@H](O)CN1CCN(CCC(=O)N[C@H](C)c2ccccc2)C[C@H]1C. The third-order valence-corrected chi connectivity index (χ3v) is 4.68.